The SMILES string of the molecule is Cc1ccc2c(c1)NC(/C=C/c1cnccc1C(=O)CCC(=O)N1CC(F)(F)C[C@H]1C#N)S2. The van der Waals surface area contributed by atoms with Gasteiger partial charge in [0.2, 0.25) is 5.91 Å². The van der Waals surface area contributed by atoms with Crippen molar-refractivity contribution in [2.75, 3.05) is 11.9 Å². The first-order chi connectivity index (χ1) is 15.8. The molecule has 1 amide bonds. The molecule has 170 valence electrons. The number of Topliss-reactive ketones (excluding diaryl/α,β-unsaturated/α-hetero) is 1. The minimum absolute atomic E-state index is 0.00582. The number of fused-ring (bicyclic) bond motifs is 1. The van der Waals surface area contributed by atoms with E-state index in [0.717, 1.165) is 15.5 Å². The van der Waals surface area contributed by atoms with E-state index in [1.54, 1.807) is 30.1 Å². The zero-order valence-corrected chi connectivity index (χ0v) is 18.7. The summed E-state index contributed by atoms with van der Waals surface area (Å²) in [6, 6.07) is 8.38. The summed E-state index contributed by atoms with van der Waals surface area (Å²) in [6.45, 7) is 1.25. The van der Waals surface area contributed by atoms with Crippen LogP contribution in [0.4, 0.5) is 14.5 Å². The number of nitrogens with one attached hydrogen (secondary N) is 1. The van der Waals surface area contributed by atoms with Crippen LogP contribution >= 0.6 is 11.8 Å². The highest BCUT2D eigenvalue weighted by Gasteiger charge is 2.47. The van der Waals surface area contributed by atoms with Crippen molar-refractivity contribution in [3.63, 3.8) is 0 Å². The van der Waals surface area contributed by atoms with Crippen molar-refractivity contribution in [3.05, 3.63) is 59.4 Å². The monoisotopic (exact) mass is 468 g/mol. The maximum Gasteiger partial charge on any atom is 0.268 e. The van der Waals surface area contributed by atoms with Crippen molar-refractivity contribution in [1.82, 2.24) is 9.88 Å². The second-order valence-electron chi connectivity index (χ2n) is 8.15. The van der Waals surface area contributed by atoms with E-state index in [2.05, 4.69) is 28.5 Å². The summed E-state index contributed by atoms with van der Waals surface area (Å²) in [5, 5.41) is 12.5. The number of halogens is 2. The average Bonchev–Trinajstić information content (AvgIpc) is 3.34. The van der Waals surface area contributed by atoms with Gasteiger partial charge >= 0.3 is 0 Å². The Labute approximate surface area is 194 Å². The molecule has 3 heterocycles. The number of carbonyl (C=O) groups is 2. The average molecular weight is 469 g/mol. The molecule has 2 aliphatic heterocycles. The van der Waals surface area contributed by atoms with Crippen LogP contribution in [0.3, 0.4) is 0 Å². The molecule has 1 saturated heterocycles. The van der Waals surface area contributed by atoms with Crippen LogP contribution in [0.5, 0.6) is 0 Å². The number of benzene rings is 1. The fraction of sp³-hybridized carbons (Fsp3) is 0.333. The van der Waals surface area contributed by atoms with Gasteiger partial charge in [-0.1, -0.05) is 30.0 Å². The van der Waals surface area contributed by atoms with E-state index in [1.165, 1.54) is 11.8 Å². The van der Waals surface area contributed by atoms with Crippen LogP contribution in [0.15, 0.2) is 47.6 Å². The highest BCUT2D eigenvalue weighted by Crippen LogP contribution is 2.39. The number of aryl methyl sites for hydroxylation is 1. The number of ketones is 1. The number of anilines is 1. The first-order valence-electron chi connectivity index (χ1n) is 10.5. The molecular formula is C24H22F2N4O2S. The highest BCUT2D eigenvalue weighted by molar-refractivity contribution is 8.00. The van der Waals surface area contributed by atoms with E-state index in [9.17, 15) is 18.4 Å². The smallest absolute Gasteiger partial charge is 0.268 e. The van der Waals surface area contributed by atoms with Gasteiger partial charge in [0.05, 0.1) is 18.0 Å². The minimum atomic E-state index is -3.08. The Morgan fingerprint density at radius 2 is 2.18 bits per heavy atom. The summed E-state index contributed by atoms with van der Waals surface area (Å²) in [5.41, 5.74) is 3.26. The Balaban J connectivity index is 1.39. The molecule has 2 atom stereocenters. The number of nitriles is 1. The van der Waals surface area contributed by atoms with Gasteiger partial charge < -0.3 is 10.2 Å². The number of hydrogen-bond acceptors (Lipinski definition) is 6. The topological polar surface area (TPSA) is 86.1 Å². The van der Waals surface area contributed by atoms with Crippen LogP contribution in [0.25, 0.3) is 6.08 Å². The Kier molecular flexibility index (Phi) is 6.47. The number of hydrogen-bond donors (Lipinski definition) is 1. The predicted octanol–water partition coefficient (Wildman–Crippen LogP) is 4.67. The molecule has 6 nitrogen and oxygen atoms in total. The van der Waals surface area contributed by atoms with Gasteiger partial charge in [0.15, 0.2) is 5.78 Å². The van der Waals surface area contributed by atoms with Gasteiger partial charge in [0.25, 0.3) is 5.92 Å². The number of nitrogens with zero attached hydrogens (tertiary/aromatic N) is 3. The molecular weight excluding hydrogens is 446 g/mol. The van der Waals surface area contributed by atoms with Gasteiger partial charge in [-0.25, -0.2) is 8.78 Å². The van der Waals surface area contributed by atoms with Crippen molar-refractivity contribution < 1.29 is 18.4 Å². The Hall–Kier alpha value is -3.25. The van der Waals surface area contributed by atoms with E-state index in [0.29, 0.717) is 11.1 Å². The van der Waals surface area contributed by atoms with E-state index >= 15 is 0 Å². The van der Waals surface area contributed by atoms with E-state index < -0.39 is 30.8 Å². The number of rotatable bonds is 6. The molecule has 0 bridgehead atoms. The van der Waals surface area contributed by atoms with Gasteiger partial charge in [-0.3, -0.25) is 14.6 Å². The molecule has 0 saturated carbocycles. The third-order valence-electron chi connectivity index (χ3n) is 5.59. The standard InChI is InChI=1S/C24H22F2N4O2S/c1-15-2-5-21-19(10-15)29-22(33-21)6-3-16-13-28-9-8-18(16)20(31)4-7-23(32)30-14-24(25,26)11-17(30)12-27/h2-3,5-6,8-10,13,17,22,29H,4,7,11,14H2,1H3/b6-3+/t17-,22?/m0/s1. The lowest BCUT2D eigenvalue weighted by Crippen LogP contribution is -2.36. The van der Waals surface area contributed by atoms with Crippen LogP contribution < -0.4 is 5.32 Å². The maximum atomic E-state index is 13.6. The molecule has 2 aromatic rings. The van der Waals surface area contributed by atoms with Crippen molar-refractivity contribution in [1.29, 1.82) is 5.26 Å². The quantitative estimate of drug-likeness (QED) is 0.620. The van der Waals surface area contributed by atoms with E-state index in [4.69, 9.17) is 5.26 Å². The third kappa shape index (κ3) is 5.22. The molecule has 2 aliphatic rings. The first-order valence-corrected chi connectivity index (χ1v) is 11.4. The lowest BCUT2D eigenvalue weighted by molar-refractivity contribution is -0.132. The summed E-state index contributed by atoms with van der Waals surface area (Å²) in [4.78, 5) is 31.3. The van der Waals surface area contributed by atoms with E-state index in [1.807, 2.05) is 19.1 Å². The Bertz CT molecular complexity index is 1160. The number of aromatic nitrogens is 1. The molecule has 33 heavy (non-hydrogen) atoms. The molecule has 9 heteroatoms. The second kappa shape index (κ2) is 9.32. The van der Waals surface area contributed by atoms with Crippen LogP contribution in [0, 0.1) is 18.3 Å². The lowest BCUT2D eigenvalue weighted by Gasteiger charge is -2.18. The number of carbonyl (C=O) groups excluding carboxylic acids is 2. The molecule has 1 aromatic carbocycles. The molecule has 1 unspecified atom stereocenters. The summed E-state index contributed by atoms with van der Waals surface area (Å²) in [6.07, 6.45) is 5.81. The van der Waals surface area contributed by atoms with Gasteiger partial charge in [-0.15, -0.1) is 0 Å². The highest BCUT2D eigenvalue weighted by atomic mass is 32.2. The van der Waals surface area contributed by atoms with Crippen molar-refractivity contribution in [2.45, 2.75) is 48.4 Å². The number of thioether (sulfide) groups is 1. The van der Waals surface area contributed by atoms with Crippen LogP contribution in [-0.4, -0.2) is 45.5 Å². The number of amides is 1. The summed E-state index contributed by atoms with van der Waals surface area (Å²) < 4.78 is 27.2. The van der Waals surface area contributed by atoms with Crippen molar-refractivity contribution in [3.8, 4) is 6.07 Å². The minimum Gasteiger partial charge on any atom is -0.369 e. The zero-order valence-electron chi connectivity index (χ0n) is 17.9. The Morgan fingerprint density at radius 1 is 1.36 bits per heavy atom. The van der Waals surface area contributed by atoms with Gasteiger partial charge in [0.1, 0.15) is 6.04 Å². The third-order valence-corrected chi connectivity index (χ3v) is 6.73. The van der Waals surface area contributed by atoms with Crippen molar-refractivity contribution in [2.24, 2.45) is 0 Å². The normalized spacial score (nSPS) is 21.0. The van der Waals surface area contributed by atoms with Crippen molar-refractivity contribution >= 4 is 35.2 Å². The zero-order chi connectivity index (χ0) is 23.6. The largest absolute Gasteiger partial charge is 0.369 e. The molecule has 1 fully saturated rings. The molecule has 4 rings (SSSR count). The van der Waals surface area contributed by atoms with Crippen LogP contribution in [-0.2, 0) is 4.79 Å². The molecule has 1 N–H and O–H groups in total. The van der Waals surface area contributed by atoms with Crippen LogP contribution in [0.2, 0.25) is 0 Å². The number of alkyl halides is 2. The maximum absolute atomic E-state index is 13.6. The molecule has 0 spiro atoms. The van der Waals surface area contributed by atoms with Crippen LogP contribution in [0.1, 0.15) is 40.7 Å². The van der Waals surface area contributed by atoms with Gasteiger partial charge in [-0.2, -0.15) is 5.26 Å². The lowest BCUT2D eigenvalue weighted by atomic mass is 10.0. The predicted molar refractivity (Wildman–Crippen MR) is 122 cm³/mol. The number of likely N-dealkylation sites (tertiary alicyclic amines) is 1. The Morgan fingerprint density at radius 3 is 2.97 bits per heavy atom. The molecule has 0 radical (unpaired) electrons. The van der Waals surface area contributed by atoms with Gasteiger partial charge in [0, 0.05) is 53.4 Å². The first kappa shape index (κ1) is 22.9. The summed E-state index contributed by atoms with van der Waals surface area (Å²) in [7, 11) is 0. The fourth-order valence-corrected chi connectivity index (χ4v) is 4.95. The second-order valence-corrected chi connectivity index (χ2v) is 9.34. The number of pyridine rings is 1. The summed E-state index contributed by atoms with van der Waals surface area (Å²) >= 11 is 1.67. The van der Waals surface area contributed by atoms with Gasteiger partial charge in [-0.05, 0) is 30.7 Å². The molecule has 1 aromatic heterocycles. The summed E-state index contributed by atoms with van der Waals surface area (Å²) in [5.74, 6) is -3.97. The molecule has 0 aliphatic carbocycles. The van der Waals surface area contributed by atoms with E-state index in [-0.39, 0.29) is 24.0 Å². The fourth-order valence-electron chi connectivity index (χ4n) is 3.94.